The Bertz CT molecular complexity index is 1030. The Hall–Kier alpha value is -3.52. The van der Waals surface area contributed by atoms with E-state index < -0.39 is 23.9 Å². The van der Waals surface area contributed by atoms with Crippen LogP contribution in [0.25, 0.3) is 0 Å². The molecule has 0 radical (unpaired) electrons. The van der Waals surface area contributed by atoms with Crippen molar-refractivity contribution in [2.45, 2.75) is 19.6 Å². The molecule has 1 fully saturated rings. The minimum Gasteiger partial charge on any atom is -0.449 e. The SMILES string of the molecule is CC(OC(=O)c1ccc2c(c1)C(=O)N(Cc1ccccc1)C2=O)C(=O)N1CCOCC1. The average molecular weight is 422 g/mol. The number of imide groups is 1. The summed E-state index contributed by atoms with van der Waals surface area (Å²) in [5, 5.41) is 0. The molecule has 31 heavy (non-hydrogen) atoms. The highest BCUT2D eigenvalue weighted by Crippen LogP contribution is 2.26. The summed E-state index contributed by atoms with van der Waals surface area (Å²) in [6.45, 7) is 3.47. The van der Waals surface area contributed by atoms with E-state index in [1.54, 1.807) is 4.90 Å². The van der Waals surface area contributed by atoms with Crippen molar-refractivity contribution in [3.05, 3.63) is 70.8 Å². The number of rotatable bonds is 5. The third-order valence-electron chi connectivity index (χ3n) is 5.34. The van der Waals surface area contributed by atoms with Crippen LogP contribution in [0.2, 0.25) is 0 Å². The fourth-order valence-corrected chi connectivity index (χ4v) is 3.65. The van der Waals surface area contributed by atoms with Gasteiger partial charge in [0.2, 0.25) is 0 Å². The first-order valence-electron chi connectivity index (χ1n) is 10.1. The zero-order valence-electron chi connectivity index (χ0n) is 17.1. The third kappa shape index (κ3) is 4.20. The lowest BCUT2D eigenvalue weighted by molar-refractivity contribution is -0.143. The molecule has 0 aliphatic carbocycles. The number of carbonyl (C=O) groups is 4. The molecule has 0 spiro atoms. The molecule has 3 amide bonds. The van der Waals surface area contributed by atoms with E-state index in [0.29, 0.717) is 26.3 Å². The molecular formula is C23H22N2O6. The van der Waals surface area contributed by atoms with Crippen LogP contribution in [-0.4, -0.2) is 65.9 Å². The minimum absolute atomic E-state index is 0.114. The summed E-state index contributed by atoms with van der Waals surface area (Å²) in [6.07, 6.45) is -0.967. The molecule has 1 atom stereocenters. The summed E-state index contributed by atoms with van der Waals surface area (Å²) in [5.41, 5.74) is 1.34. The van der Waals surface area contributed by atoms with Crippen LogP contribution in [0, 0.1) is 0 Å². The van der Waals surface area contributed by atoms with Gasteiger partial charge in [0.15, 0.2) is 6.10 Å². The van der Waals surface area contributed by atoms with Crippen LogP contribution in [0.5, 0.6) is 0 Å². The largest absolute Gasteiger partial charge is 0.449 e. The zero-order valence-corrected chi connectivity index (χ0v) is 17.1. The molecule has 2 aliphatic rings. The summed E-state index contributed by atoms with van der Waals surface area (Å²) in [5.74, 6) is -1.88. The third-order valence-corrected chi connectivity index (χ3v) is 5.34. The highest BCUT2D eigenvalue weighted by atomic mass is 16.5. The van der Waals surface area contributed by atoms with E-state index in [4.69, 9.17) is 9.47 Å². The van der Waals surface area contributed by atoms with Crippen molar-refractivity contribution in [1.82, 2.24) is 9.80 Å². The molecule has 0 bridgehead atoms. The first kappa shape index (κ1) is 20.7. The Labute approximate surface area is 179 Å². The maximum atomic E-state index is 12.8. The predicted molar refractivity (Wildman–Crippen MR) is 109 cm³/mol. The molecule has 1 unspecified atom stereocenters. The topological polar surface area (TPSA) is 93.2 Å². The number of hydrogen-bond acceptors (Lipinski definition) is 6. The standard InChI is InChI=1S/C23H22N2O6/c1-15(20(26)24-9-11-30-12-10-24)31-23(29)17-7-8-18-19(13-17)22(28)25(21(18)27)14-16-5-3-2-4-6-16/h2-8,13,15H,9-12,14H2,1H3. The summed E-state index contributed by atoms with van der Waals surface area (Å²) in [7, 11) is 0. The van der Waals surface area contributed by atoms with Crippen molar-refractivity contribution in [3.63, 3.8) is 0 Å². The number of carbonyl (C=O) groups excluding carboxylic acids is 4. The van der Waals surface area contributed by atoms with Crippen LogP contribution in [0.3, 0.4) is 0 Å². The smallest absolute Gasteiger partial charge is 0.338 e. The summed E-state index contributed by atoms with van der Waals surface area (Å²) in [6, 6.07) is 13.4. The zero-order chi connectivity index (χ0) is 22.0. The molecule has 1 saturated heterocycles. The first-order valence-corrected chi connectivity index (χ1v) is 10.1. The molecule has 2 aromatic rings. The van der Waals surface area contributed by atoms with Gasteiger partial charge in [-0.25, -0.2) is 4.79 Å². The Kier molecular flexibility index (Phi) is 5.81. The quantitative estimate of drug-likeness (QED) is 0.540. The fourth-order valence-electron chi connectivity index (χ4n) is 3.65. The Balaban J connectivity index is 1.46. The van der Waals surface area contributed by atoms with Gasteiger partial charge in [-0.15, -0.1) is 0 Å². The van der Waals surface area contributed by atoms with Crippen LogP contribution in [-0.2, 0) is 20.8 Å². The van der Waals surface area contributed by atoms with E-state index in [-0.39, 0.29) is 29.1 Å². The van der Waals surface area contributed by atoms with E-state index >= 15 is 0 Å². The second kappa shape index (κ2) is 8.69. The molecule has 0 N–H and O–H groups in total. The van der Waals surface area contributed by atoms with Crippen molar-refractivity contribution in [2.24, 2.45) is 0 Å². The van der Waals surface area contributed by atoms with Crippen molar-refractivity contribution in [2.75, 3.05) is 26.3 Å². The average Bonchev–Trinajstić information content (AvgIpc) is 3.04. The second-order valence-corrected chi connectivity index (χ2v) is 7.43. The lowest BCUT2D eigenvalue weighted by atomic mass is 10.1. The number of morpholine rings is 1. The molecule has 160 valence electrons. The van der Waals surface area contributed by atoms with Crippen LogP contribution in [0.15, 0.2) is 48.5 Å². The highest BCUT2D eigenvalue weighted by Gasteiger charge is 2.36. The molecule has 8 nitrogen and oxygen atoms in total. The Morgan fingerprint density at radius 3 is 2.39 bits per heavy atom. The molecular weight excluding hydrogens is 400 g/mol. The van der Waals surface area contributed by atoms with Crippen LogP contribution < -0.4 is 0 Å². The van der Waals surface area contributed by atoms with Gasteiger partial charge in [-0.05, 0) is 30.7 Å². The van der Waals surface area contributed by atoms with E-state index in [2.05, 4.69) is 0 Å². The van der Waals surface area contributed by atoms with Crippen molar-refractivity contribution in [1.29, 1.82) is 0 Å². The monoisotopic (exact) mass is 422 g/mol. The Morgan fingerprint density at radius 2 is 1.68 bits per heavy atom. The molecule has 0 aromatic heterocycles. The van der Waals surface area contributed by atoms with Gasteiger partial charge < -0.3 is 14.4 Å². The molecule has 2 heterocycles. The van der Waals surface area contributed by atoms with Gasteiger partial charge >= 0.3 is 5.97 Å². The Morgan fingerprint density at radius 1 is 1.00 bits per heavy atom. The number of nitrogens with zero attached hydrogens (tertiary/aromatic N) is 2. The first-order chi connectivity index (χ1) is 15.0. The highest BCUT2D eigenvalue weighted by molar-refractivity contribution is 6.21. The maximum Gasteiger partial charge on any atom is 0.338 e. The van der Waals surface area contributed by atoms with Crippen molar-refractivity contribution >= 4 is 23.7 Å². The van der Waals surface area contributed by atoms with Gasteiger partial charge in [0, 0.05) is 13.1 Å². The lowest BCUT2D eigenvalue weighted by Crippen LogP contribution is -2.46. The minimum atomic E-state index is -0.967. The maximum absolute atomic E-state index is 12.8. The van der Waals surface area contributed by atoms with Crippen LogP contribution in [0.1, 0.15) is 43.6 Å². The number of benzene rings is 2. The van der Waals surface area contributed by atoms with E-state index in [1.165, 1.54) is 25.1 Å². The van der Waals surface area contributed by atoms with Gasteiger partial charge in [0.05, 0.1) is 36.4 Å². The second-order valence-electron chi connectivity index (χ2n) is 7.43. The van der Waals surface area contributed by atoms with Gasteiger partial charge in [-0.1, -0.05) is 30.3 Å². The summed E-state index contributed by atoms with van der Waals surface area (Å²) < 4.78 is 10.5. The number of esters is 1. The van der Waals surface area contributed by atoms with E-state index in [0.717, 1.165) is 10.5 Å². The normalized spacial score (nSPS) is 16.8. The van der Waals surface area contributed by atoms with Gasteiger partial charge in [-0.2, -0.15) is 0 Å². The lowest BCUT2D eigenvalue weighted by Gasteiger charge is -2.28. The van der Waals surface area contributed by atoms with Crippen LogP contribution >= 0.6 is 0 Å². The van der Waals surface area contributed by atoms with Gasteiger partial charge in [-0.3, -0.25) is 19.3 Å². The van der Waals surface area contributed by atoms with E-state index in [9.17, 15) is 19.2 Å². The predicted octanol–water partition coefficient (Wildman–Crippen LogP) is 1.89. The number of hydrogen-bond donors (Lipinski definition) is 0. The molecule has 8 heteroatoms. The number of amides is 3. The fraction of sp³-hybridized carbons (Fsp3) is 0.304. The number of fused-ring (bicyclic) bond motifs is 1. The summed E-state index contributed by atoms with van der Waals surface area (Å²) >= 11 is 0. The van der Waals surface area contributed by atoms with Crippen LogP contribution in [0.4, 0.5) is 0 Å². The van der Waals surface area contributed by atoms with E-state index in [1.807, 2.05) is 30.3 Å². The summed E-state index contributed by atoms with van der Waals surface area (Å²) in [4.78, 5) is 53.2. The molecule has 2 aliphatic heterocycles. The van der Waals surface area contributed by atoms with Gasteiger partial charge in [0.25, 0.3) is 17.7 Å². The van der Waals surface area contributed by atoms with Gasteiger partial charge in [0.1, 0.15) is 0 Å². The molecule has 2 aromatic carbocycles. The molecule has 0 saturated carbocycles. The molecule has 4 rings (SSSR count). The van der Waals surface area contributed by atoms with Crippen molar-refractivity contribution in [3.8, 4) is 0 Å². The number of ether oxygens (including phenoxy) is 2. The van der Waals surface area contributed by atoms with Crippen molar-refractivity contribution < 1.29 is 28.7 Å².